The molecule has 20 heavy (non-hydrogen) atoms. The first-order valence-corrected chi connectivity index (χ1v) is 6.25. The van der Waals surface area contributed by atoms with Crippen molar-refractivity contribution in [1.29, 1.82) is 0 Å². The second kappa shape index (κ2) is 5.41. The fraction of sp³-hybridized carbons (Fsp3) is 0.0833. The number of hydrogen-bond donors (Lipinski definition) is 1. The quantitative estimate of drug-likeness (QED) is 0.688. The zero-order valence-electron chi connectivity index (χ0n) is 10.3. The Balaban J connectivity index is 2.30. The van der Waals surface area contributed by atoms with E-state index in [1.807, 2.05) is 0 Å². The molecular formula is C12H9BrFN3O3. The van der Waals surface area contributed by atoms with Gasteiger partial charge in [0.2, 0.25) is 0 Å². The Labute approximate surface area is 121 Å². The van der Waals surface area contributed by atoms with Gasteiger partial charge in [-0.3, -0.25) is 14.9 Å². The molecule has 1 aromatic heterocycles. The molecule has 0 aliphatic carbocycles. The SMILES string of the molecule is Cn1cc(Br)cc1C(=O)Nc1cc([N+](=O)[O-])ccc1F. The summed E-state index contributed by atoms with van der Waals surface area (Å²) in [6, 6.07) is 4.51. The largest absolute Gasteiger partial charge is 0.345 e. The van der Waals surface area contributed by atoms with E-state index in [4.69, 9.17) is 0 Å². The zero-order chi connectivity index (χ0) is 14.9. The summed E-state index contributed by atoms with van der Waals surface area (Å²) < 4.78 is 15.8. The summed E-state index contributed by atoms with van der Waals surface area (Å²) in [5.74, 6) is -1.30. The summed E-state index contributed by atoms with van der Waals surface area (Å²) in [6.07, 6.45) is 1.67. The van der Waals surface area contributed by atoms with Crippen molar-refractivity contribution in [2.75, 3.05) is 5.32 Å². The Morgan fingerprint density at radius 3 is 2.70 bits per heavy atom. The van der Waals surface area contributed by atoms with E-state index in [9.17, 15) is 19.3 Å². The van der Waals surface area contributed by atoms with E-state index in [1.54, 1.807) is 23.9 Å². The number of nitro benzene ring substituents is 1. The fourth-order valence-corrected chi connectivity index (χ4v) is 2.18. The minimum Gasteiger partial charge on any atom is -0.345 e. The molecular weight excluding hydrogens is 333 g/mol. The van der Waals surface area contributed by atoms with Crippen molar-refractivity contribution >= 4 is 33.2 Å². The normalized spacial score (nSPS) is 10.3. The Kier molecular flexibility index (Phi) is 3.84. The van der Waals surface area contributed by atoms with Crippen molar-refractivity contribution in [3.63, 3.8) is 0 Å². The number of halogens is 2. The van der Waals surface area contributed by atoms with E-state index in [-0.39, 0.29) is 11.4 Å². The number of non-ortho nitro benzene ring substituents is 1. The van der Waals surface area contributed by atoms with Gasteiger partial charge in [-0.1, -0.05) is 0 Å². The second-order valence-corrected chi connectivity index (χ2v) is 4.95. The molecule has 0 bridgehead atoms. The summed E-state index contributed by atoms with van der Waals surface area (Å²) in [7, 11) is 1.66. The van der Waals surface area contributed by atoms with Crippen molar-refractivity contribution in [3.05, 3.63) is 56.6 Å². The first-order chi connectivity index (χ1) is 9.38. The summed E-state index contributed by atoms with van der Waals surface area (Å²) in [6.45, 7) is 0. The van der Waals surface area contributed by atoms with Crippen molar-refractivity contribution in [2.24, 2.45) is 7.05 Å². The number of rotatable bonds is 3. The van der Waals surface area contributed by atoms with Gasteiger partial charge >= 0.3 is 0 Å². The van der Waals surface area contributed by atoms with Crippen molar-refractivity contribution in [3.8, 4) is 0 Å². The number of aromatic nitrogens is 1. The highest BCUT2D eigenvalue weighted by Gasteiger charge is 2.16. The van der Waals surface area contributed by atoms with Crippen molar-refractivity contribution < 1.29 is 14.1 Å². The van der Waals surface area contributed by atoms with Gasteiger partial charge in [-0.25, -0.2) is 4.39 Å². The fourth-order valence-electron chi connectivity index (χ4n) is 1.66. The Morgan fingerprint density at radius 1 is 1.45 bits per heavy atom. The van der Waals surface area contributed by atoms with Gasteiger partial charge in [0.1, 0.15) is 11.5 Å². The topological polar surface area (TPSA) is 77.2 Å². The molecule has 1 aromatic carbocycles. The Hall–Kier alpha value is -2.22. The van der Waals surface area contributed by atoms with Crippen LogP contribution in [0.1, 0.15) is 10.5 Å². The zero-order valence-corrected chi connectivity index (χ0v) is 11.8. The van der Waals surface area contributed by atoms with E-state index in [0.717, 1.165) is 18.2 Å². The number of anilines is 1. The van der Waals surface area contributed by atoms with Gasteiger partial charge in [-0.05, 0) is 28.1 Å². The number of nitrogens with zero attached hydrogens (tertiary/aromatic N) is 2. The lowest BCUT2D eigenvalue weighted by molar-refractivity contribution is -0.384. The first-order valence-electron chi connectivity index (χ1n) is 5.45. The number of amides is 1. The van der Waals surface area contributed by atoms with Gasteiger partial charge in [0.15, 0.2) is 0 Å². The van der Waals surface area contributed by atoms with Crippen LogP contribution in [-0.2, 0) is 7.05 Å². The third kappa shape index (κ3) is 2.85. The number of carbonyl (C=O) groups excluding carboxylic acids is 1. The standard InChI is InChI=1S/C12H9BrFN3O3/c1-16-6-7(13)4-11(16)12(18)15-10-5-8(17(19)20)2-3-9(10)14/h2-6H,1H3,(H,15,18). The lowest BCUT2D eigenvalue weighted by Gasteiger charge is -2.07. The third-order valence-corrected chi connectivity index (χ3v) is 3.05. The maximum absolute atomic E-state index is 13.6. The third-order valence-electron chi connectivity index (χ3n) is 2.61. The van der Waals surface area contributed by atoms with Gasteiger partial charge in [0.25, 0.3) is 11.6 Å². The average Bonchev–Trinajstić information content (AvgIpc) is 2.71. The summed E-state index contributed by atoms with van der Waals surface area (Å²) in [5, 5.41) is 13.0. The van der Waals surface area contributed by atoms with Crippen LogP contribution in [0, 0.1) is 15.9 Å². The minimum atomic E-state index is -0.739. The van der Waals surface area contributed by atoms with Crippen LogP contribution in [0.4, 0.5) is 15.8 Å². The van der Waals surface area contributed by atoms with Crippen LogP contribution >= 0.6 is 15.9 Å². The van der Waals surface area contributed by atoms with Gasteiger partial charge in [-0.2, -0.15) is 0 Å². The van der Waals surface area contributed by atoms with E-state index in [1.165, 1.54) is 0 Å². The molecule has 1 N–H and O–H groups in total. The number of nitro groups is 1. The number of nitrogens with one attached hydrogen (secondary N) is 1. The average molecular weight is 342 g/mol. The molecule has 0 aliphatic rings. The number of hydrogen-bond acceptors (Lipinski definition) is 3. The summed E-state index contributed by atoms with van der Waals surface area (Å²) >= 11 is 3.22. The van der Waals surface area contributed by atoms with Crippen molar-refractivity contribution in [2.45, 2.75) is 0 Å². The highest BCUT2D eigenvalue weighted by atomic mass is 79.9. The van der Waals surface area contributed by atoms with Crippen LogP contribution in [-0.4, -0.2) is 15.4 Å². The van der Waals surface area contributed by atoms with Crippen LogP contribution in [0.5, 0.6) is 0 Å². The van der Waals surface area contributed by atoms with Crippen molar-refractivity contribution in [1.82, 2.24) is 4.57 Å². The molecule has 1 heterocycles. The monoisotopic (exact) mass is 341 g/mol. The maximum atomic E-state index is 13.6. The Morgan fingerprint density at radius 2 is 2.15 bits per heavy atom. The summed E-state index contributed by atoms with van der Waals surface area (Å²) in [4.78, 5) is 22.0. The molecule has 0 aliphatic heterocycles. The lowest BCUT2D eigenvalue weighted by Crippen LogP contribution is -2.16. The number of carbonyl (C=O) groups is 1. The molecule has 2 rings (SSSR count). The predicted molar refractivity (Wildman–Crippen MR) is 74.1 cm³/mol. The molecule has 6 nitrogen and oxygen atoms in total. The van der Waals surface area contributed by atoms with Gasteiger partial charge in [0.05, 0.1) is 10.6 Å². The summed E-state index contributed by atoms with van der Waals surface area (Å²) in [5.41, 5.74) is -0.237. The minimum absolute atomic E-state index is 0.235. The predicted octanol–water partition coefficient (Wildman–Crippen LogP) is 3.09. The smallest absolute Gasteiger partial charge is 0.272 e. The Bertz CT molecular complexity index is 699. The van der Waals surface area contributed by atoms with Gasteiger partial charge < -0.3 is 9.88 Å². The number of aryl methyl sites for hydroxylation is 1. The van der Waals surface area contributed by atoms with E-state index in [2.05, 4.69) is 21.2 Å². The van der Waals surface area contributed by atoms with Crippen LogP contribution in [0.2, 0.25) is 0 Å². The molecule has 0 fully saturated rings. The van der Waals surface area contributed by atoms with E-state index >= 15 is 0 Å². The molecule has 1 amide bonds. The highest BCUT2D eigenvalue weighted by molar-refractivity contribution is 9.10. The van der Waals surface area contributed by atoms with E-state index < -0.39 is 16.6 Å². The molecule has 0 unspecified atom stereocenters. The van der Waals surface area contributed by atoms with Crippen LogP contribution < -0.4 is 5.32 Å². The van der Waals surface area contributed by atoms with Crippen LogP contribution in [0.3, 0.4) is 0 Å². The molecule has 0 saturated heterocycles. The molecule has 2 aromatic rings. The van der Waals surface area contributed by atoms with Crippen LogP contribution in [0.15, 0.2) is 34.9 Å². The molecule has 0 saturated carbocycles. The highest BCUT2D eigenvalue weighted by Crippen LogP contribution is 2.22. The molecule has 104 valence electrons. The first kappa shape index (κ1) is 14.2. The molecule has 8 heteroatoms. The van der Waals surface area contributed by atoms with Gasteiger partial charge in [0, 0.05) is 29.8 Å². The molecule has 0 spiro atoms. The lowest BCUT2D eigenvalue weighted by atomic mass is 10.2. The number of benzene rings is 1. The van der Waals surface area contributed by atoms with Gasteiger partial charge in [-0.15, -0.1) is 0 Å². The van der Waals surface area contributed by atoms with E-state index in [0.29, 0.717) is 10.2 Å². The second-order valence-electron chi connectivity index (χ2n) is 4.03. The molecule has 0 radical (unpaired) electrons. The molecule has 0 atom stereocenters. The maximum Gasteiger partial charge on any atom is 0.272 e. The van der Waals surface area contributed by atoms with Crippen LogP contribution in [0.25, 0.3) is 0 Å².